The van der Waals surface area contributed by atoms with Crippen LogP contribution in [0.1, 0.15) is 34.5 Å². The van der Waals surface area contributed by atoms with Gasteiger partial charge in [0, 0.05) is 10.0 Å². The van der Waals surface area contributed by atoms with Gasteiger partial charge in [-0.15, -0.1) is 0 Å². The Labute approximate surface area is 230 Å². The summed E-state index contributed by atoms with van der Waals surface area (Å²) in [4.78, 5) is 40.3. The first-order chi connectivity index (χ1) is 18.6. The fourth-order valence-corrected chi connectivity index (χ4v) is 3.85. The molecule has 1 aromatic carbocycles. The van der Waals surface area contributed by atoms with E-state index >= 15 is 0 Å². The van der Waals surface area contributed by atoms with Crippen LogP contribution >= 0.6 is 15.9 Å². The van der Waals surface area contributed by atoms with Gasteiger partial charge in [0.05, 0.1) is 17.3 Å². The normalized spacial score (nSPS) is 15.0. The third-order valence-electron chi connectivity index (χ3n) is 5.56. The number of anilines is 2. The van der Waals surface area contributed by atoms with Crippen LogP contribution in [0.5, 0.6) is 0 Å². The molecule has 1 saturated carbocycles. The number of pyridine rings is 1. The highest BCUT2D eigenvalue weighted by molar-refractivity contribution is 9.10. The topological polar surface area (TPSA) is 124 Å². The Kier molecular flexibility index (Phi) is 8.06. The van der Waals surface area contributed by atoms with Crippen molar-refractivity contribution < 1.29 is 58.3 Å². The molecule has 1 aromatic heterocycles. The lowest BCUT2D eigenvalue weighted by Crippen LogP contribution is -2.50. The number of alkyl halides is 10. The zero-order valence-electron chi connectivity index (χ0n) is 19.6. The zero-order valence-corrected chi connectivity index (χ0v) is 21.2. The molecule has 0 radical (unpaired) electrons. The number of rotatable bonds is 5. The minimum Gasteiger partial charge on any atom is -0.329 e. The molecule has 41 heavy (non-hydrogen) atoms. The number of hydrogen-bond acceptors (Lipinski definition) is 5. The Morgan fingerprint density at radius 2 is 1.49 bits per heavy atom. The largest absolute Gasteiger partial charge is 0.435 e. The van der Waals surface area contributed by atoms with Crippen molar-refractivity contribution in [3.8, 4) is 6.07 Å². The standard InChI is InChI=1S/C22H12BrF10N5O3/c23-11-7-9(19(24,21(28,29)30)22(31,32)33)6-10(20(25,26)27)14(11)37-15(39)12-2-1-3-13(35-12)36-16(40)17(41)38-18(8-34)4-5-18/h1-3,6-7H,4-5H2,(H,37,39)(H,38,41)(H,35,36,40). The van der Waals surface area contributed by atoms with E-state index in [4.69, 9.17) is 5.26 Å². The van der Waals surface area contributed by atoms with E-state index in [0.29, 0.717) is 12.8 Å². The summed E-state index contributed by atoms with van der Waals surface area (Å²) in [6.07, 6.45) is -18.5. The van der Waals surface area contributed by atoms with Gasteiger partial charge in [-0.2, -0.15) is 44.8 Å². The monoisotopic (exact) mass is 663 g/mol. The van der Waals surface area contributed by atoms with Gasteiger partial charge in [0.25, 0.3) is 5.91 Å². The Morgan fingerprint density at radius 3 is 1.98 bits per heavy atom. The second-order valence-electron chi connectivity index (χ2n) is 8.50. The molecule has 1 heterocycles. The van der Waals surface area contributed by atoms with Crippen LogP contribution in [0, 0.1) is 11.3 Å². The molecule has 3 amide bonds. The number of carbonyl (C=O) groups excluding carboxylic acids is 3. The van der Waals surface area contributed by atoms with E-state index in [1.54, 1.807) is 11.4 Å². The van der Waals surface area contributed by atoms with E-state index in [0.717, 1.165) is 18.2 Å². The summed E-state index contributed by atoms with van der Waals surface area (Å²) >= 11 is 2.35. The SMILES string of the molecule is N#CC1(NC(=O)C(=O)Nc2cccc(C(=O)Nc3c(Br)cc(C(F)(C(F)(F)F)C(F)(F)F)cc3C(F)(F)F)n2)CC1. The van der Waals surface area contributed by atoms with E-state index in [1.807, 2.05) is 5.32 Å². The number of amides is 3. The second kappa shape index (κ2) is 10.5. The molecule has 220 valence electrons. The molecule has 3 N–H and O–H groups in total. The Hall–Kier alpha value is -3.95. The van der Waals surface area contributed by atoms with Crippen molar-refractivity contribution >= 4 is 45.2 Å². The molecule has 8 nitrogen and oxygen atoms in total. The number of aromatic nitrogens is 1. The van der Waals surface area contributed by atoms with Gasteiger partial charge in [0.15, 0.2) is 0 Å². The first kappa shape index (κ1) is 31.6. The average molecular weight is 664 g/mol. The summed E-state index contributed by atoms with van der Waals surface area (Å²) in [6.45, 7) is 0. The van der Waals surface area contributed by atoms with Crippen LogP contribution in [0.4, 0.5) is 55.4 Å². The fourth-order valence-electron chi connectivity index (χ4n) is 3.29. The number of nitrogens with one attached hydrogen (secondary N) is 3. The number of hydrogen-bond donors (Lipinski definition) is 3. The third-order valence-corrected chi connectivity index (χ3v) is 6.18. The summed E-state index contributed by atoms with van der Waals surface area (Å²) in [5.74, 6) is -4.52. The minimum atomic E-state index is -6.71. The fraction of sp³-hybridized carbons (Fsp3) is 0.318. The number of carbonyl (C=O) groups is 3. The summed E-state index contributed by atoms with van der Waals surface area (Å²) in [7, 11) is 0. The van der Waals surface area contributed by atoms with Crippen LogP contribution in [-0.4, -0.2) is 40.6 Å². The maximum Gasteiger partial charge on any atom is 0.435 e. The number of benzene rings is 1. The van der Waals surface area contributed by atoms with Crippen molar-refractivity contribution in [2.45, 2.75) is 42.6 Å². The van der Waals surface area contributed by atoms with Gasteiger partial charge in [0.2, 0.25) is 0 Å². The van der Waals surface area contributed by atoms with Gasteiger partial charge in [0.1, 0.15) is 17.1 Å². The molecule has 1 aliphatic carbocycles. The Bertz CT molecular complexity index is 1430. The van der Waals surface area contributed by atoms with Crippen LogP contribution in [0.2, 0.25) is 0 Å². The first-order valence-corrected chi connectivity index (χ1v) is 11.5. The van der Waals surface area contributed by atoms with Crippen LogP contribution < -0.4 is 16.0 Å². The smallest absolute Gasteiger partial charge is 0.329 e. The highest BCUT2D eigenvalue weighted by Crippen LogP contribution is 2.55. The molecule has 0 unspecified atom stereocenters. The van der Waals surface area contributed by atoms with E-state index in [1.165, 1.54) is 0 Å². The Morgan fingerprint density at radius 1 is 0.902 bits per heavy atom. The summed E-state index contributed by atoms with van der Waals surface area (Å²) < 4.78 is 133. The number of halogens is 11. The molecule has 0 atom stereocenters. The second-order valence-corrected chi connectivity index (χ2v) is 9.35. The summed E-state index contributed by atoms with van der Waals surface area (Å²) in [5.41, 5.74) is -14.2. The molecule has 3 rings (SSSR count). The van der Waals surface area contributed by atoms with E-state index in [-0.39, 0.29) is 6.07 Å². The number of nitrogens with zero attached hydrogens (tertiary/aromatic N) is 2. The third kappa shape index (κ3) is 6.36. The quantitative estimate of drug-likeness (QED) is 0.287. The van der Waals surface area contributed by atoms with Gasteiger partial charge in [-0.1, -0.05) is 6.07 Å². The van der Waals surface area contributed by atoms with Crippen molar-refractivity contribution in [1.82, 2.24) is 10.3 Å². The van der Waals surface area contributed by atoms with Gasteiger partial charge in [-0.3, -0.25) is 14.4 Å². The van der Waals surface area contributed by atoms with Crippen molar-refractivity contribution in [2.24, 2.45) is 0 Å². The van der Waals surface area contributed by atoms with Gasteiger partial charge >= 0.3 is 36.0 Å². The predicted octanol–water partition coefficient (Wildman–Crippen LogP) is 5.52. The maximum atomic E-state index is 14.5. The Balaban J connectivity index is 1.93. The molecule has 0 bridgehead atoms. The predicted molar refractivity (Wildman–Crippen MR) is 121 cm³/mol. The zero-order chi connectivity index (χ0) is 31.2. The van der Waals surface area contributed by atoms with Crippen molar-refractivity contribution in [1.29, 1.82) is 5.26 Å². The minimum absolute atomic E-state index is 0.220. The van der Waals surface area contributed by atoms with Crippen molar-refractivity contribution in [2.75, 3.05) is 10.6 Å². The van der Waals surface area contributed by atoms with E-state index in [2.05, 4.69) is 26.2 Å². The van der Waals surface area contributed by atoms with E-state index < -0.39 is 86.3 Å². The van der Waals surface area contributed by atoms with Crippen LogP contribution in [0.15, 0.2) is 34.8 Å². The summed E-state index contributed by atoms with van der Waals surface area (Å²) in [5, 5.41) is 14.7. The molecule has 0 spiro atoms. The lowest BCUT2D eigenvalue weighted by molar-refractivity contribution is -0.348. The summed E-state index contributed by atoms with van der Waals surface area (Å²) in [6, 6.07) is 3.85. The highest BCUT2D eigenvalue weighted by atomic mass is 79.9. The van der Waals surface area contributed by atoms with Gasteiger partial charge in [-0.25, -0.2) is 9.37 Å². The van der Waals surface area contributed by atoms with Crippen molar-refractivity contribution in [3.63, 3.8) is 0 Å². The molecular formula is C22H12BrF10N5O3. The molecular weight excluding hydrogens is 652 g/mol. The molecule has 1 fully saturated rings. The molecule has 2 aromatic rings. The number of nitriles is 1. The van der Waals surface area contributed by atoms with Crippen molar-refractivity contribution in [3.05, 3.63) is 51.6 Å². The average Bonchev–Trinajstić information content (AvgIpc) is 3.62. The van der Waals surface area contributed by atoms with E-state index in [9.17, 15) is 58.3 Å². The van der Waals surface area contributed by atoms with Crippen LogP contribution in [0.25, 0.3) is 0 Å². The maximum absolute atomic E-state index is 14.5. The van der Waals surface area contributed by atoms with Crippen LogP contribution in [-0.2, 0) is 21.4 Å². The molecule has 19 heteroatoms. The highest BCUT2D eigenvalue weighted by Gasteiger charge is 2.73. The molecule has 0 aliphatic heterocycles. The lowest BCUT2D eigenvalue weighted by atomic mass is 9.92. The molecule has 0 saturated heterocycles. The van der Waals surface area contributed by atoms with Gasteiger partial charge in [-0.05, 0) is 53.0 Å². The first-order valence-electron chi connectivity index (χ1n) is 10.7. The van der Waals surface area contributed by atoms with Gasteiger partial charge < -0.3 is 16.0 Å². The lowest BCUT2D eigenvalue weighted by Gasteiger charge is -2.31. The molecule has 1 aliphatic rings. The van der Waals surface area contributed by atoms with Crippen LogP contribution in [0.3, 0.4) is 0 Å².